The topological polar surface area (TPSA) is 43.3 Å². The van der Waals surface area contributed by atoms with Gasteiger partial charge in [-0.25, -0.2) is 5.01 Å². The summed E-state index contributed by atoms with van der Waals surface area (Å²) in [7, 11) is 1.67. The van der Waals surface area contributed by atoms with Gasteiger partial charge in [-0.2, -0.15) is 5.10 Å². The van der Waals surface area contributed by atoms with Gasteiger partial charge in [-0.05, 0) is 70.4 Å². The Balaban J connectivity index is 1.48. The Labute approximate surface area is 240 Å². The van der Waals surface area contributed by atoms with E-state index in [1.165, 1.54) is 19.3 Å². The normalized spacial score (nSPS) is 18.1. The molecule has 0 radical (unpaired) electrons. The Morgan fingerprint density at radius 3 is 2.59 bits per heavy atom. The summed E-state index contributed by atoms with van der Waals surface area (Å²) >= 11 is 13.5. The van der Waals surface area contributed by atoms with Crippen molar-refractivity contribution in [3.8, 4) is 17.2 Å². The molecule has 5 rings (SSSR count). The van der Waals surface area contributed by atoms with Crippen molar-refractivity contribution >= 4 is 49.2 Å². The van der Waals surface area contributed by atoms with Crippen molar-refractivity contribution in [2.24, 2.45) is 5.10 Å². The zero-order valence-electron chi connectivity index (χ0n) is 20.8. The minimum absolute atomic E-state index is 0.0220. The molecule has 0 spiro atoms. The molecule has 3 aromatic carbocycles. The third kappa shape index (κ3) is 5.64. The highest BCUT2D eigenvalue weighted by Crippen LogP contribution is 2.51. The van der Waals surface area contributed by atoms with E-state index in [1.807, 2.05) is 48.5 Å². The highest BCUT2D eigenvalue weighted by atomic mass is 79.9. The van der Waals surface area contributed by atoms with Gasteiger partial charge in [0, 0.05) is 27.0 Å². The first-order valence-electron chi connectivity index (χ1n) is 12.6. The van der Waals surface area contributed by atoms with Gasteiger partial charge in [0.15, 0.2) is 11.5 Å². The number of ether oxygens (including phenoxy) is 3. The number of halogens is 3. The monoisotopic (exact) mass is 646 g/mol. The molecule has 0 bridgehead atoms. The van der Waals surface area contributed by atoms with Crippen LogP contribution in [0.2, 0.25) is 5.02 Å². The van der Waals surface area contributed by atoms with E-state index < -0.39 is 6.23 Å². The lowest BCUT2D eigenvalue weighted by atomic mass is 9.96. The lowest BCUT2D eigenvalue weighted by molar-refractivity contribution is -0.0198. The highest BCUT2D eigenvalue weighted by molar-refractivity contribution is 9.11. The Bertz CT molecular complexity index is 1300. The minimum Gasteiger partial charge on any atom is -0.493 e. The van der Waals surface area contributed by atoms with Crippen LogP contribution >= 0.6 is 43.5 Å². The molecule has 0 N–H and O–H groups in total. The molecule has 37 heavy (non-hydrogen) atoms. The number of unbranched alkanes of at least 4 members (excludes halogenated alkanes) is 3. The number of fused-ring (bicyclic) bond motifs is 3. The molecule has 3 aromatic rings. The number of methoxy groups -OCH3 is 1. The lowest BCUT2D eigenvalue weighted by Gasteiger charge is -2.38. The average Bonchev–Trinajstić information content (AvgIpc) is 3.34. The first-order chi connectivity index (χ1) is 18.0. The van der Waals surface area contributed by atoms with Gasteiger partial charge in [0.2, 0.25) is 6.23 Å². The Kier molecular flexibility index (Phi) is 8.32. The third-order valence-corrected chi connectivity index (χ3v) is 8.01. The zero-order valence-corrected chi connectivity index (χ0v) is 24.8. The van der Waals surface area contributed by atoms with Gasteiger partial charge < -0.3 is 14.2 Å². The maximum Gasteiger partial charge on any atom is 0.214 e. The van der Waals surface area contributed by atoms with E-state index in [-0.39, 0.29) is 6.04 Å². The molecule has 2 aliphatic rings. The summed E-state index contributed by atoms with van der Waals surface area (Å²) in [4.78, 5) is 0. The standard InChI is InChI=1S/C29H29Br2ClN2O3/c1-3-4-5-6-13-36-26-12-9-19(14-27(26)35-2)29-34-25(22-15-20(30)16-23(31)28(22)37-29)17-24(33-34)18-7-10-21(32)11-8-18/h7-12,14-16,25,29H,3-6,13,17H2,1-2H3. The second-order valence-corrected chi connectivity index (χ2v) is 11.5. The quantitative estimate of drug-likeness (QED) is 0.217. The van der Waals surface area contributed by atoms with Crippen LogP contribution in [0, 0.1) is 0 Å². The van der Waals surface area contributed by atoms with Crippen LogP contribution in [0.15, 0.2) is 68.6 Å². The molecular formula is C29H29Br2ClN2O3. The molecule has 2 atom stereocenters. The smallest absolute Gasteiger partial charge is 0.214 e. The van der Waals surface area contributed by atoms with Crippen LogP contribution in [-0.4, -0.2) is 24.4 Å². The Morgan fingerprint density at radius 2 is 1.84 bits per heavy atom. The maximum atomic E-state index is 6.62. The van der Waals surface area contributed by atoms with Crippen LogP contribution in [0.25, 0.3) is 0 Å². The van der Waals surface area contributed by atoms with E-state index in [2.05, 4.69) is 49.9 Å². The molecule has 2 heterocycles. The Hall–Kier alpha value is -2.22. The van der Waals surface area contributed by atoms with Gasteiger partial charge in [0.25, 0.3) is 0 Å². The maximum absolute atomic E-state index is 6.62. The van der Waals surface area contributed by atoms with Crippen LogP contribution < -0.4 is 14.2 Å². The largest absolute Gasteiger partial charge is 0.493 e. The molecule has 0 saturated carbocycles. The van der Waals surface area contributed by atoms with Crippen LogP contribution in [0.5, 0.6) is 17.2 Å². The van der Waals surface area contributed by atoms with Gasteiger partial charge >= 0.3 is 0 Å². The second kappa shape index (κ2) is 11.7. The van der Waals surface area contributed by atoms with Crippen LogP contribution in [0.4, 0.5) is 0 Å². The predicted molar refractivity (Wildman–Crippen MR) is 155 cm³/mol. The van der Waals surface area contributed by atoms with Crippen LogP contribution in [0.3, 0.4) is 0 Å². The summed E-state index contributed by atoms with van der Waals surface area (Å²) in [5.41, 5.74) is 4.08. The summed E-state index contributed by atoms with van der Waals surface area (Å²) in [5.74, 6) is 2.26. The average molecular weight is 649 g/mol. The summed E-state index contributed by atoms with van der Waals surface area (Å²) in [6.45, 7) is 2.88. The first-order valence-corrected chi connectivity index (χ1v) is 14.5. The first kappa shape index (κ1) is 26.4. The van der Waals surface area contributed by atoms with Gasteiger partial charge in [-0.3, -0.25) is 0 Å². The van der Waals surface area contributed by atoms with Gasteiger partial charge in [0.1, 0.15) is 5.75 Å². The van der Waals surface area contributed by atoms with Crippen molar-refractivity contribution in [3.05, 3.63) is 85.3 Å². The number of hydrogen-bond acceptors (Lipinski definition) is 5. The number of nitrogens with zero attached hydrogens (tertiary/aromatic N) is 2. The summed E-state index contributed by atoms with van der Waals surface area (Å²) < 4.78 is 20.3. The molecule has 5 nitrogen and oxygen atoms in total. The van der Waals surface area contributed by atoms with Crippen molar-refractivity contribution in [2.75, 3.05) is 13.7 Å². The molecule has 2 aliphatic heterocycles. The molecule has 8 heteroatoms. The van der Waals surface area contributed by atoms with E-state index in [4.69, 9.17) is 30.9 Å². The van der Waals surface area contributed by atoms with Crippen LogP contribution in [0.1, 0.15) is 68.0 Å². The third-order valence-electron chi connectivity index (χ3n) is 6.71. The molecule has 2 unspecified atom stereocenters. The minimum atomic E-state index is -0.424. The molecule has 194 valence electrons. The van der Waals surface area contributed by atoms with Crippen LogP contribution in [-0.2, 0) is 0 Å². The summed E-state index contributed by atoms with van der Waals surface area (Å²) in [6.07, 6.45) is 4.96. The molecule has 0 amide bonds. The zero-order chi connectivity index (χ0) is 25.9. The summed E-state index contributed by atoms with van der Waals surface area (Å²) in [5, 5.41) is 7.83. The molecular weight excluding hydrogens is 620 g/mol. The van der Waals surface area contributed by atoms with Crippen molar-refractivity contribution in [1.82, 2.24) is 5.01 Å². The van der Waals surface area contributed by atoms with Gasteiger partial charge in [-0.1, -0.05) is 65.8 Å². The fourth-order valence-corrected chi connectivity index (χ4v) is 6.30. The molecule has 0 aliphatic carbocycles. The second-order valence-electron chi connectivity index (χ2n) is 9.25. The van der Waals surface area contributed by atoms with E-state index >= 15 is 0 Å². The highest BCUT2D eigenvalue weighted by Gasteiger charge is 2.42. The van der Waals surface area contributed by atoms with E-state index in [0.717, 1.165) is 55.7 Å². The fraction of sp³-hybridized carbons (Fsp3) is 0.345. The van der Waals surface area contributed by atoms with Gasteiger partial charge in [-0.15, -0.1) is 0 Å². The van der Waals surface area contributed by atoms with Crippen molar-refractivity contribution < 1.29 is 14.2 Å². The van der Waals surface area contributed by atoms with E-state index in [1.54, 1.807) is 7.11 Å². The lowest BCUT2D eigenvalue weighted by Crippen LogP contribution is -2.34. The van der Waals surface area contributed by atoms with Gasteiger partial charge in [0.05, 0.1) is 29.9 Å². The van der Waals surface area contributed by atoms with Crippen molar-refractivity contribution in [1.29, 1.82) is 0 Å². The SMILES string of the molecule is CCCCCCOc1ccc(C2Oc3c(Br)cc(Br)cc3C3CC(c4ccc(Cl)cc4)=NN32)cc1OC. The van der Waals surface area contributed by atoms with Crippen molar-refractivity contribution in [3.63, 3.8) is 0 Å². The number of hydrogen-bond donors (Lipinski definition) is 0. The number of hydrazone groups is 1. The number of rotatable bonds is 9. The molecule has 0 aromatic heterocycles. The fourth-order valence-electron chi connectivity index (χ4n) is 4.82. The van der Waals surface area contributed by atoms with E-state index in [0.29, 0.717) is 17.4 Å². The number of benzene rings is 3. The van der Waals surface area contributed by atoms with Crippen molar-refractivity contribution in [2.45, 2.75) is 51.3 Å². The summed E-state index contributed by atoms with van der Waals surface area (Å²) in [6, 6.07) is 18.0. The van der Waals surface area contributed by atoms with E-state index in [9.17, 15) is 0 Å². The predicted octanol–water partition coefficient (Wildman–Crippen LogP) is 9.08. The molecule has 0 fully saturated rings. The molecule has 0 saturated heterocycles. The Morgan fingerprint density at radius 1 is 1.03 bits per heavy atom.